The number of amides is 1. The zero-order valence-electron chi connectivity index (χ0n) is 12.6. The molecule has 0 unspecified atom stereocenters. The van der Waals surface area contributed by atoms with Crippen LogP contribution in [0.5, 0.6) is 0 Å². The van der Waals surface area contributed by atoms with Gasteiger partial charge < -0.3 is 5.32 Å². The van der Waals surface area contributed by atoms with Crippen LogP contribution in [0.4, 0.5) is 11.4 Å². The van der Waals surface area contributed by atoms with Crippen LogP contribution in [-0.4, -0.2) is 20.9 Å². The van der Waals surface area contributed by atoms with E-state index in [1.807, 2.05) is 18.2 Å². The van der Waals surface area contributed by atoms with Gasteiger partial charge in [0.2, 0.25) is 5.91 Å². The minimum Gasteiger partial charge on any atom is -0.323 e. The number of carbonyl (C=O) groups excluding carboxylic acids is 1. The first-order valence-corrected chi connectivity index (χ1v) is 8.91. The molecule has 0 atom stereocenters. The number of anilines is 2. The third kappa shape index (κ3) is 2.23. The highest BCUT2D eigenvalue weighted by atomic mass is 32.2. The van der Waals surface area contributed by atoms with Gasteiger partial charge in [-0.3, -0.25) is 9.10 Å². The quantitative estimate of drug-likeness (QED) is 0.781. The molecule has 4 rings (SSSR count). The van der Waals surface area contributed by atoms with Crippen molar-refractivity contribution in [3.8, 4) is 0 Å². The van der Waals surface area contributed by atoms with Gasteiger partial charge in [0, 0.05) is 5.39 Å². The molecule has 24 heavy (non-hydrogen) atoms. The van der Waals surface area contributed by atoms with Gasteiger partial charge in [0.05, 0.1) is 16.3 Å². The maximum atomic E-state index is 13.3. The molecular formula is C18H14N2O3S. The van der Waals surface area contributed by atoms with E-state index < -0.39 is 10.0 Å². The minimum absolute atomic E-state index is 0.199. The summed E-state index contributed by atoms with van der Waals surface area (Å²) in [5, 5.41) is 4.19. The van der Waals surface area contributed by atoms with E-state index in [4.69, 9.17) is 0 Å². The summed E-state index contributed by atoms with van der Waals surface area (Å²) in [5.74, 6) is -0.350. The van der Waals surface area contributed by atoms with Crippen molar-refractivity contribution in [1.29, 1.82) is 0 Å². The predicted octanol–water partition coefficient (Wildman–Crippen LogP) is 2.99. The number of rotatable bonds is 2. The van der Waals surface area contributed by atoms with Crippen LogP contribution in [0.2, 0.25) is 0 Å². The van der Waals surface area contributed by atoms with E-state index in [1.165, 1.54) is 4.31 Å². The first-order chi connectivity index (χ1) is 11.6. The van der Waals surface area contributed by atoms with Crippen LogP contribution in [0.25, 0.3) is 10.8 Å². The van der Waals surface area contributed by atoms with Crippen molar-refractivity contribution in [3.63, 3.8) is 0 Å². The Hall–Kier alpha value is -2.86. The van der Waals surface area contributed by atoms with Crippen molar-refractivity contribution in [1.82, 2.24) is 0 Å². The van der Waals surface area contributed by atoms with Gasteiger partial charge in [-0.2, -0.15) is 0 Å². The average molecular weight is 338 g/mol. The van der Waals surface area contributed by atoms with Crippen LogP contribution in [0.1, 0.15) is 0 Å². The molecule has 0 saturated heterocycles. The van der Waals surface area contributed by atoms with Crippen LogP contribution >= 0.6 is 0 Å². The fourth-order valence-corrected chi connectivity index (χ4v) is 4.61. The lowest BCUT2D eigenvalue weighted by atomic mass is 10.1. The molecule has 0 spiro atoms. The highest BCUT2D eigenvalue weighted by Gasteiger charge is 2.33. The average Bonchev–Trinajstić information content (AvgIpc) is 2.60. The topological polar surface area (TPSA) is 66.5 Å². The summed E-state index contributed by atoms with van der Waals surface area (Å²) in [4.78, 5) is 12.2. The maximum absolute atomic E-state index is 13.3. The zero-order chi connectivity index (χ0) is 16.7. The van der Waals surface area contributed by atoms with Crippen molar-refractivity contribution in [2.45, 2.75) is 4.90 Å². The monoisotopic (exact) mass is 338 g/mol. The number of nitrogens with one attached hydrogen (secondary N) is 1. The smallest absolute Gasteiger partial charge is 0.265 e. The predicted molar refractivity (Wildman–Crippen MR) is 93.6 cm³/mol. The van der Waals surface area contributed by atoms with Crippen molar-refractivity contribution >= 4 is 38.1 Å². The van der Waals surface area contributed by atoms with Crippen molar-refractivity contribution < 1.29 is 13.2 Å². The van der Waals surface area contributed by atoms with E-state index in [0.717, 1.165) is 5.39 Å². The van der Waals surface area contributed by atoms with Crippen LogP contribution in [0, 0.1) is 0 Å². The molecule has 0 bridgehead atoms. The molecule has 120 valence electrons. The van der Waals surface area contributed by atoms with Crippen LogP contribution < -0.4 is 9.62 Å². The zero-order valence-corrected chi connectivity index (χ0v) is 13.5. The standard InChI is InChI=1S/C18H14N2O3S/c21-18-12-20(16-10-4-3-9-15(16)19-18)24(22,23)17-11-5-7-13-6-1-2-8-14(13)17/h1-11H,12H2,(H,19,21). The number of hydrogen-bond donors (Lipinski definition) is 1. The number of para-hydroxylation sites is 2. The summed E-state index contributed by atoms with van der Waals surface area (Å²) >= 11 is 0. The lowest BCUT2D eigenvalue weighted by molar-refractivity contribution is -0.115. The molecule has 1 amide bonds. The number of sulfonamides is 1. The second-order valence-electron chi connectivity index (χ2n) is 5.55. The van der Waals surface area contributed by atoms with Gasteiger partial charge in [0.1, 0.15) is 6.54 Å². The number of carbonyl (C=O) groups is 1. The Labute approximate surface area is 139 Å². The summed E-state index contributed by atoms with van der Waals surface area (Å²) in [6.07, 6.45) is 0. The first-order valence-electron chi connectivity index (χ1n) is 7.47. The molecule has 6 heteroatoms. The highest BCUT2D eigenvalue weighted by Crippen LogP contribution is 2.35. The summed E-state index contributed by atoms with van der Waals surface area (Å²) < 4.78 is 27.7. The highest BCUT2D eigenvalue weighted by molar-refractivity contribution is 7.93. The normalized spacial score (nSPS) is 14.3. The number of fused-ring (bicyclic) bond motifs is 2. The summed E-state index contributed by atoms with van der Waals surface area (Å²) in [7, 11) is -3.86. The molecular weight excluding hydrogens is 324 g/mol. The minimum atomic E-state index is -3.86. The maximum Gasteiger partial charge on any atom is 0.265 e. The van der Waals surface area contributed by atoms with E-state index in [1.54, 1.807) is 48.5 Å². The largest absolute Gasteiger partial charge is 0.323 e. The lowest BCUT2D eigenvalue weighted by Crippen LogP contribution is -2.42. The molecule has 0 radical (unpaired) electrons. The summed E-state index contributed by atoms with van der Waals surface area (Å²) in [5.41, 5.74) is 0.975. The first kappa shape index (κ1) is 14.7. The molecule has 1 aliphatic rings. The number of hydrogen-bond acceptors (Lipinski definition) is 3. The molecule has 3 aromatic carbocycles. The second kappa shape index (κ2) is 5.35. The van der Waals surface area contributed by atoms with Crippen LogP contribution in [-0.2, 0) is 14.8 Å². The molecule has 1 N–H and O–H groups in total. The molecule has 1 heterocycles. The van der Waals surface area contributed by atoms with E-state index >= 15 is 0 Å². The number of benzene rings is 3. The summed E-state index contributed by atoms with van der Waals surface area (Å²) in [6.45, 7) is -0.234. The Balaban J connectivity index is 1.94. The molecule has 3 aromatic rings. The van der Waals surface area contributed by atoms with Crippen molar-refractivity contribution in [2.75, 3.05) is 16.2 Å². The number of nitrogens with zero attached hydrogens (tertiary/aromatic N) is 1. The van der Waals surface area contributed by atoms with Gasteiger partial charge in [-0.1, -0.05) is 48.5 Å². The molecule has 5 nitrogen and oxygen atoms in total. The third-order valence-corrected chi connectivity index (χ3v) is 5.87. The Kier molecular flexibility index (Phi) is 3.28. The van der Waals surface area contributed by atoms with E-state index in [2.05, 4.69) is 5.32 Å². The molecule has 1 aliphatic heterocycles. The fourth-order valence-electron chi connectivity index (χ4n) is 2.96. The molecule has 0 fully saturated rings. The molecule has 0 saturated carbocycles. The Morgan fingerprint density at radius 2 is 1.58 bits per heavy atom. The van der Waals surface area contributed by atoms with Crippen molar-refractivity contribution in [2.24, 2.45) is 0 Å². The third-order valence-electron chi connectivity index (χ3n) is 4.05. The van der Waals surface area contributed by atoms with Gasteiger partial charge in [0.15, 0.2) is 0 Å². The summed E-state index contributed by atoms with van der Waals surface area (Å²) in [6, 6.07) is 19.4. The van der Waals surface area contributed by atoms with E-state index in [0.29, 0.717) is 16.8 Å². The Morgan fingerprint density at radius 3 is 2.46 bits per heavy atom. The van der Waals surface area contributed by atoms with E-state index in [9.17, 15) is 13.2 Å². The van der Waals surface area contributed by atoms with Gasteiger partial charge >= 0.3 is 0 Å². The Bertz CT molecular complexity index is 1060. The lowest BCUT2D eigenvalue weighted by Gasteiger charge is -2.30. The van der Waals surface area contributed by atoms with Gasteiger partial charge in [0.25, 0.3) is 10.0 Å². The van der Waals surface area contributed by atoms with Crippen LogP contribution in [0.15, 0.2) is 71.6 Å². The van der Waals surface area contributed by atoms with Crippen LogP contribution in [0.3, 0.4) is 0 Å². The van der Waals surface area contributed by atoms with Gasteiger partial charge in [-0.25, -0.2) is 8.42 Å². The second-order valence-corrected chi connectivity index (χ2v) is 7.39. The van der Waals surface area contributed by atoms with Gasteiger partial charge in [-0.05, 0) is 23.6 Å². The SMILES string of the molecule is O=C1CN(S(=O)(=O)c2cccc3ccccc23)c2ccccc2N1. The van der Waals surface area contributed by atoms with Crippen molar-refractivity contribution in [3.05, 3.63) is 66.7 Å². The Morgan fingerprint density at radius 1 is 0.875 bits per heavy atom. The van der Waals surface area contributed by atoms with Gasteiger partial charge in [-0.15, -0.1) is 0 Å². The van der Waals surface area contributed by atoms with E-state index in [-0.39, 0.29) is 17.3 Å². The molecule has 0 aliphatic carbocycles. The fraction of sp³-hybridized carbons (Fsp3) is 0.0556. The molecule has 0 aromatic heterocycles.